The van der Waals surface area contributed by atoms with Crippen molar-refractivity contribution in [1.82, 2.24) is 14.5 Å². The number of hydrogen-bond acceptors (Lipinski definition) is 3. The van der Waals surface area contributed by atoms with Crippen molar-refractivity contribution in [1.29, 1.82) is 0 Å². The highest BCUT2D eigenvalue weighted by Gasteiger charge is 2.12. The number of fused-ring (bicyclic) bond motifs is 3. The lowest BCUT2D eigenvalue weighted by Crippen LogP contribution is -1.99. The van der Waals surface area contributed by atoms with Gasteiger partial charge in [-0.15, -0.1) is 0 Å². The molecule has 0 bridgehead atoms. The molecule has 0 aliphatic rings. The number of unbranched alkanes of at least 4 members (excludes halogenated alkanes) is 5. The highest BCUT2D eigenvalue weighted by Crippen LogP contribution is 2.28. The van der Waals surface area contributed by atoms with Gasteiger partial charge >= 0.3 is 0 Å². The Morgan fingerprint density at radius 3 is 2.65 bits per heavy atom. The molecule has 2 aromatic heterocycles. The van der Waals surface area contributed by atoms with Gasteiger partial charge in [-0.3, -0.25) is 0 Å². The largest absolute Gasteiger partial charge is 0.371 e. The van der Waals surface area contributed by atoms with Crippen molar-refractivity contribution in [3.8, 4) is 0 Å². The van der Waals surface area contributed by atoms with Crippen LogP contribution < -0.4 is 5.32 Å². The minimum atomic E-state index is 0.861. The van der Waals surface area contributed by atoms with Gasteiger partial charge in [0.05, 0.1) is 17.4 Å². The molecule has 0 atom stereocenters. The summed E-state index contributed by atoms with van der Waals surface area (Å²) in [5.41, 5.74) is 3.19. The monoisotopic (exact) mass is 310 g/mol. The van der Waals surface area contributed by atoms with Crippen LogP contribution in [0, 0.1) is 0 Å². The van der Waals surface area contributed by atoms with Crippen LogP contribution in [0.4, 0.5) is 5.82 Å². The normalized spacial score (nSPS) is 11.4. The van der Waals surface area contributed by atoms with E-state index in [1.807, 2.05) is 19.4 Å². The zero-order chi connectivity index (χ0) is 16.1. The minimum Gasteiger partial charge on any atom is -0.371 e. The highest BCUT2D eigenvalue weighted by molar-refractivity contribution is 6.06. The Hall–Kier alpha value is -2.10. The average molecular weight is 310 g/mol. The first kappa shape index (κ1) is 15.8. The van der Waals surface area contributed by atoms with Crippen LogP contribution in [0.1, 0.15) is 45.4 Å². The third-order valence-corrected chi connectivity index (χ3v) is 4.44. The molecule has 0 aliphatic carbocycles. The molecule has 3 rings (SSSR count). The molecule has 1 N–H and O–H groups in total. The zero-order valence-electron chi connectivity index (χ0n) is 14.2. The van der Waals surface area contributed by atoms with E-state index >= 15 is 0 Å². The standard InChI is InChI=1S/C19H26N4/c1-3-4-5-6-7-10-13-23-14-21-17-18(23)15-11-8-9-12-16(15)22-19(17)20-2/h8-9,11-12,14H,3-7,10,13H2,1-2H3,(H,20,22). The highest BCUT2D eigenvalue weighted by atomic mass is 15.1. The van der Waals surface area contributed by atoms with Gasteiger partial charge in [0.15, 0.2) is 5.82 Å². The minimum absolute atomic E-state index is 0.861. The number of aryl methyl sites for hydroxylation is 1. The lowest BCUT2D eigenvalue weighted by atomic mass is 10.1. The second kappa shape index (κ2) is 7.44. The molecule has 0 unspecified atom stereocenters. The first-order valence-electron chi connectivity index (χ1n) is 8.76. The number of anilines is 1. The Bertz CT molecular complexity index is 775. The number of rotatable bonds is 8. The fourth-order valence-electron chi connectivity index (χ4n) is 3.19. The molecule has 4 nitrogen and oxygen atoms in total. The number of para-hydroxylation sites is 1. The molecule has 0 radical (unpaired) electrons. The molecule has 4 heteroatoms. The predicted octanol–water partition coefficient (Wildman–Crippen LogP) is 4.99. The maximum atomic E-state index is 4.68. The van der Waals surface area contributed by atoms with Gasteiger partial charge in [0.25, 0.3) is 0 Å². The quantitative estimate of drug-likeness (QED) is 0.596. The average Bonchev–Trinajstić information content (AvgIpc) is 3.01. The van der Waals surface area contributed by atoms with Crippen LogP contribution in [-0.4, -0.2) is 21.6 Å². The van der Waals surface area contributed by atoms with Gasteiger partial charge in [-0.05, 0) is 12.5 Å². The van der Waals surface area contributed by atoms with Gasteiger partial charge in [-0.1, -0.05) is 57.2 Å². The zero-order valence-corrected chi connectivity index (χ0v) is 14.2. The summed E-state index contributed by atoms with van der Waals surface area (Å²) in [5.74, 6) is 0.861. The molecule has 0 saturated heterocycles. The van der Waals surface area contributed by atoms with Crippen molar-refractivity contribution in [2.24, 2.45) is 0 Å². The third kappa shape index (κ3) is 3.31. The Balaban J connectivity index is 1.85. The molecular formula is C19H26N4. The summed E-state index contributed by atoms with van der Waals surface area (Å²) < 4.78 is 2.29. The maximum absolute atomic E-state index is 4.68. The maximum Gasteiger partial charge on any atom is 0.154 e. The van der Waals surface area contributed by atoms with E-state index in [0.717, 1.165) is 23.4 Å². The van der Waals surface area contributed by atoms with Crippen molar-refractivity contribution in [3.05, 3.63) is 30.6 Å². The van der Waals surface area contributed by atoms with E-state index in [4.69, 9.17) is 0 Å². The molecule has 23 heavy (non-hydrogen) atoms. The second-order valence-corrected chi connectivity index (χ2v) is 6.13. The van der Waals surface area contributed by atoms with Crippen molar-refractivity contribution in [2.45, 2.75) is 52.0 Å². The van der Waals surface area contributed by atoms with Gasteiger partial charge < -0.3 is 9.88 Å². The van der Waals surface area contributed by atoms with Gasteiger partial charge in [-0.2, -0.15) is 0 Å². The summed E-state index contributed by atoms with van der Waals surface area (Å²) in [7, 11) is 1.91. The van der Waals surface area contributed by atoms with Gasteiger partial charge in [0.2, 0.25) is 0 Å². The summed E-state index contributed by atoms with van der Waals surface area (Å²) in [5, 5.41) is 4.36. The molecule has 2 heterocycles. The van der Waals surface area contributed by atoms with Crippen LogP contribution in [0.25, 0.3) is 21.9 Å². The SMILES string of the molecule is CCCCCCCCn1cnc2c(NC)nc3ccccc3c21. The fraction of sp³-hybridized carbons (Fsp3) is 0.474. The summed E-state index contributed by atoms with van der Waals surface area (Å²) in [4.78, 5) is 9.28. The molecule has 0 aliphatic heterocycles. The summed E-state index contributed by atoms with van der Waals surface area (Å²) >= 11 is 0. The van der Waals surface area contributed by atoms with E-state index in [2.05, 4.69) is 45.0 Å². The number of aromatic nitrogens is 3. The molecular weight excluding hydrogens is 284 g/mol. The van der Waals surface area contributed by atoms with Crippen LogP contribution in [0.3, 0.4) is 0 Å². The number of benzene rings is 1. The van der Waals surface area contributed by atoms with Crippen LogP contribution in [-0.2, 0) is 6.54 Å². The van der Waals surface area contributed by atoms with Crippen LogP contribution in [0.15, 0.2) is 30.6 Å². The second-order valence-electron chi connectivity index (χ2n) is 6.13. The fourth-order valence-corrected chi connectivity index (χ4v) is 3.19. The molecule has 3 aromatic rings. The van der Waals surface area contributed by atoms with E-state index in [-0.39, 0.29) is 0 Å². The lowest BCUT2D eigenvalue weighted by molar-refractivity contribution is 0.564. The predicted molar refractivity (Wildman–Crippen MR) is 98.0 cm³/mol. The van der Waals surface area contributed by atoms with E-state index in [1.165, 1.54) is 49.4 Å². The number of pyridine rings is 1. The molecule has 0 fully saturated rings. The molecule has 122 valence electrons. The summed E-state index contributed by atoms with van der Waals surface area (Å²) in [6, 6.07) is 8.32. The van der Waals surface area contributed by atoms with Crippen LogP contribution in [0.2, 0.25) is 0 Å². The topological polar surface area (TPSA) is 42.7 Å². The van der Waals surface area contributed by atoms with Crippen molar-refractivity contribution in [3.63, 3.8) is 0 Å². The van der Waals surface area contributed by atoms with E-state index in [1.54, 1.807) is 0 Å². The Labute approximate surface area is 137 Å². The smallest absolute Gasteiger partial charge is 0.154 e. The first-order chi connectivity index (χ1) is 11.3. The van der Waals surface area contributed by atoms with Gasteiger partial charge in [0, 0.05) is 19.0 Å². The number of hydrogen-bond donors (Lipinski definition) is 1. The Morgan fingerprint density at radius 2 is 1.83 bits per heavy atom. The Kier molecular flexibility index (Phi) is 5.11. The van der Waals surface area contributed by atoms with Crippen molar-refractivity contribution in [2.75, 3.05) is 12.4 Å². The van der Waals surface area contributed by atoms with Gasteiger partial charge in [-0.25, -0.2) is 9.97 Å². The van der Waals surface area contributed by atoms with E-state index in [9.17, 15) is 0 Å². The van der Waals surface area contributed by atoms with E-state index < -0.39 is 0 Å². The Morgan fingerprint density at radius 1 is 1.04 bits per heavy atom. The summed E-state index contributed by atoms with van der Waals surface area (Å²) in [6.45, 7) is 3.29. The summed E-state index contributed by atoms with van der Waals surface area (Å²) in [6.07, 6.45) is 9.82. The van der Waals surface area contributed by atoms with Crippen LogP contribution in [0.5, 0.6) is 0 Å². The van der Waals surface area contributed by atoms with E-state index in [0.29, 0.717) is 0 Å². The lowest BCUT2D eigenvalue weighted by Gasteiger charge is -2.09. The van der Waals surface area contributed by atoms with Gasteiger partial charge in [0.1, 0.15) is 5.52 Å². The van der Waals surface area contributed by atoms with Crippen LogP contribution >= 0.6 is 0 Å². The van der Waals surface area contributed by atoms with Crippen molar-refractivity contribution < 1.29 is 0 Å². The molecule has 0 spiro atoms. The first-order valence-corrected chi connectivity index (χ1v) is 8.76. The molecule has 1 aromatic carbocycles. The van der Waals surface area contributed by atoms with Crippen molar-refractivity contribution >= 4 is 27.8 Å². The number of imidazole rings is 1. The third-order valence-electron chi connectivity index (χ3n) is 4.44. The molecule has 0 amide bonds. The number of nitrogens with zero attached hydrogens (tertiary/aromatic N) is 3. The number of nitrogens with one attached hydrogen (secondary N) is 1. The molecule has 0 saturated carbocycles.